The van der Waals surface area contributed by atoms with Crippen molar-refractivity contribution in [2.75, 3.05) is 7.11 Å². The van der Waals surface area contributed by atoms with Crippen LogP contribution in [0.15, 0.2) is 47.5 Å². The molecule has 0 aliphatic carbocycles. The highest BCUT2D eigenvalue weighted by molar-refractivity contribution is 7.15. The summed E-state index contributed by atoms with van der Waals surface area (Å²) in [6, 6.07) is 11.9. The van der Waals surface area contributed by atoms with Gasteiger partial charge < -0.3 is 9.84 Å². The van der Waals surface area contributed by atoms with Gasteiger partial charge in [0, 0.05) is 26.6 Å². The first kappa shape index (κ1) is 24.9. The molecular weight excluding hydrogens is 512 g/mol. The molecule has 2 aromatic heterocycles. The Bertz CT molecular complexity index is 1590. The molecule has 1 N–H and O–H groups in total. The number of benzene rings is 2. The van der Waals surface area contributed by atoms with E-state index in [1.54, 1.807) is 17.4 Å². The molecule has 188 valence electrons. The average molecular weight is 535 g/mol. The molecule has 0 saturated heterocycles. The van der Waals surface area contributed by atoms with Gasteiger partial charge in [-0.25, -0.2) is 4.79 Å². The molecule has 8 nitrogen and oxygen atoms in total. The first-order valence-electron chi connectivity index (χ1n) is 11.5. The van der Waals surface area contributed by atoms with Crippen LogP contribution in [0.3, 0.4) is 0 Å². The number of ether oxygens (including phenoxy) is 1. The highest BCUT2D eigenvalue weighted by Crippen LogP contribution is 2.40. The molecule has 1 aliphatic rings. The van der Waals surface area contributed by atoms with Gasteiger partial charge >= 0.3 is 11.9 Å². The number of aromatic nitrogens is 3. The van der Waals surface area contributed by atoms with Crippen molar-refractivity contribution in [3.63, 3.8) is 0 Å². The third-order valence-electron chi connectivity index (χ3n) is 6.51. The van der Waals surface area contributed by atoms with Gasteiger partial charge in [0.25, 0.3) is 0 Å². The minimum atomic E-state index is -1.03. The van der Waals surface area contributed by atoms with Crippen molar-refractivity contribution < 1.29 is 19.4 Å². The van der Waals surface area contributed by atoms with Gasteiger partial charge in [0.1, 0.15) is 16.9 Å². The molecule has 1 atom stereocenters. The maximum Gasteiger partial charge on any atom is 0.335 e. The predicted octanol–water partition coefficient (Wildman–Crippen LogP) is 5.73. The molecule has 0 spiro atoms. The largest absolute Gasteiger partial charge is 0.478 e. The second kappa shape index (κ2) is 9.57. The zero-order valence-corrected chi connectivity index (χ0v) is 22.1. The summed E-state index contributed by atoms with van der Waals surface area (Å²) in [5.41, 5.74) is 5.42. The van der Waals surface area contributed by atoms with Gasteiger partial charge in [-0.05, 0) is 44.0 Å². The van der Waals surface area contributed by atoms with E-state index in [-0.39, 0.29) is 18.0 Å². The van der Waals surface area contributed by atoms with Crippen LogP contribution in [0, 0.1) is 20.8 Å². The Hall–Kier alpha value is -3.82. The van der Waals surface area contributed by atoms with Gasteiger partial charge in [-0.2, -0.15) is 0 Å². The Balaban J connectivity index is 1.64. The van der Waals surface area contributed by atoms with Crippen LogP contribution in [0.4, 0.5) is 0 Å². The lowest BCUT2D eigenvalue weighted by Gasteiger charge is -2.12. The lowest BCUT2D eigenvalue weighted by molar-refractivity contribution is -0.141. The maximum absolute atomic E-state index is 12.3. The van der Waals surface area contributed by atoms with E-state index in [1.807, 2.05) is 35.8 Å². The zero-order chi connectivity index (χ0) is 26.4. The first-order valence-corrected chi connectivity index (χ1v) is 12.7. The Kier molecular flexibility index (Phi) is 6.43. The number of rotatable bonds is 5. The Labute approximate surface area is 222 Å². The van der Waals surface area contributed by atoms with Crippen LogP contribution in [-0.4, -0.2) is 44.6 Å². The van der Waals surface area contributed by atoms with E-state index >= 15 is 0 Å². The number of esters is 1. The number of thiophene rings is 1. The van der Waals surface area contributed by atoms with Gasteiger partial charge in [0.15, 0.2) is 5.82 Å². The predicted molar refractivity (Wildman–Crippen MR) is 142 cm³/mol. The number of methoxy groups -OCH3 is 1. The molecule has 5 rings (SSSR count). The van der Waals surface area contributed by atoms with Crippen LogP contribution in [0.5, 0.6) is 0 Å². The number of hydrogen-bond acceptors (Lipinski definition) is 7. The smallest absolute Gasteiger partial charge is 0.335 e. The SMILES string of the molecule is COC(=O)C[C@@H]1N=C(c2ccc(-c3ccc(C(=O)O)cc3Cl)cc2)c2c(sc(C)c2C)-n2c(C)nnc21. The lowest BCUT2D eigenvalue weighted by atomic mass is 9.96. The van der Waals surface area contributed by atoms with E-state index < -0.39 is 12.0 Å². The number of carboxylic acid groups (broad SMARTS) is 1. The van der Waals surface area contributed by atoms with Crippen LogP contribution in [-0.2, 0) is 9.53 Å². The molecule has 0 unspecified atom stereocenters. The molecule has 0 fully saturated rings. The van der Waals surface area contributed by atoms with E-state index in [4.69, 9.17) is 21.3 Å². The van der Waals surface area contributed by atoms with E-state index in [0.29, 0.717) is 10.8 Å². The van der Waals surface area contributed by atoms with Crippen LogP contribution in [0.1, 0.15) is 56.0 Å². The van der Waals surface area contributed by atoms with Gasteiger partial charge in [-0.3, -0.25) is 14.4 Å². The first-order chi connectivity index (χ1) is 17.7. The van der Waals surface area contributed by atoms with Crippen LogP contribution in [0.2, 0.25) is 5.02 Å². The number of aromatic carboxylic acids is 1. The monoisotopic (exact) mass is 534 g/mol. The Morgan fingerprint density at radius 3 is 2.43 bits per heavy atom. The highest BCUT2D eigenvalue weighted by Gasteiger charge is 2.32. The van der Waals surface area contributed by atoms with Crippen molar-refractivity contribution in [3.05, 3.63) is 86.3 Å². The van der Waals surface area contributed by atoms with Crippen LogP contribution >= 0.6 is 22.9 Å². The summed E-state index contributed by atoms with van der Waals surface area (Å²) in [5.74, 6) is -0.0894. The molecule has 3 heterocycles. The fraction of sp³-hybridized carbons (Fsp3) is 0.222. The van der Waals surface area contributed by atoms with Crippen LogP contribution in [0.25, 0.3) is 16.1 Å². The summed E-state index contributed by atoms with van der Waals surface area (Å²) < 4.78 is 6.93. The summed E-state index contributed by atoms with van der Waals surface area (Å²) >= 11 is 8.04. The number of nitrogens with zero attached hydrogens (tertiary/aromatic N) is 4. The molecule has 0 saturated carbocycles. The third-order valence-corrected chi connectivity index (χ3v) is 8.02. The number of aliphatic imine (C=N–C) groups is 1. The standard InChI is InChI=1S/C27H23ClN4O4S/c1-13-14(2)37-26-23(13)24(29-21(12-22(33)36-4)25-31-30-15(3)32(25)26)17-7-5-16(6-8-17)19-10-9-18(27(34)35)11-20(19)28/h5-11,21H,12H2,1-4H3,(H,34,35)/t21-/m0/s1. The Morgan fingerprint density at radius 1 is 1.08 bits per heavy atom. The fourth-order valence-corrected chi connectivity index (χ4v) is 5.96. The van der Waals surface area contributed by atoms with Crippen molar-refractivity contribution in [2.24, 2.45) is 4.99 Å². The molecule has 37 heavy (non-hydrogen) atoms. The quantitative estimate of drug-likeness (QED) is 0.328. The Morgan fingerprint density at radius 2 is 1.78 bits per heavy atom. The second-order valence-corrected chi connectivity index (χ2v) is 10.4. The second-order valence-electron chi connectivity index (χ2n) is 8.76. The van der Waals surface area contributed by atoms with Gasteiger partial charge in [-0.15, -0.1) is 21.5 Å². The van der Waals surface area contributed by atoms with Crippen molar-refractivity contribution in [3.8, 4) is 16.1 Å². The van der Waals surface area contributed by atoms with Crippen molar-refractivity contribution in [1.29, 1.82) is 0 Å². The summed E-state index contributed by atoms with van der Waals surface area (Å²) in [5, 5.41) is 19.2. The number of carboxylic acids is 1. The maximum atomic E-state index is 12.3. The molecule has 0 bridgehead atoms. The molecular formula is C27H23ClN4O4S. The third kappa shape index (κ3) is 4.34. The average Bonchev–Trinajstić information content (AvgIpc) is 3.36. The van der Waals surface area contributed by atoms with E-state index in [0.717, 1.165) is 49.2 Å². The summed E-state index contributed by atoms with van der Waals surface area (Å²) in [4.78, 5) is 29.8. The summed E-state index contributed by atoms with van der Waals surface area (Å²) in [7, 11) is 1.36. The number of carbonyl (C=O) groups excluding carboxylic acids is 1. The molecule has 10 heteroatoms. The number of hydrogen-bond donors (Lipinski definition) is 1. The fourth-order valence-electron chi connectivity index (χ4n) is 4.46. The van der Waals surface area contributed by atoms with E-state index in [1.165, 1.54) is 19.2 Å². The van der Waals surface area contributed by atoms with Crippen LogP contribution < -0.4 is 0 Å². The lowest BCUT2D eigenvalue weighted by Crippen LogP contribution is -2.12. The van der Waals surface area contributed by atoms with Crippen molar-refractivity contribution in [2.45, 2.75) is 33.2 Å². The van der Waals surface area contributed by atoms with Gasteiger partial charge in [-0.1, -0.05) is 41.9 Å². The normalized spacial score (nSPS) is 14.4. The number of carbonyl (C=O) groups is 2. The van der Waals surface area contributed by atoms with Crippen molar-refractivity contribution >= 4 is 40.6 Å². The topological polar surface area (TPSA) is 107 Å². The molecule has 1 aliphatic heterocycles. The van der Waals surface area contributed by atoms with Gasteiger partial charge in [0.05, 0.1) is 24.8 Å². The molecule has 2 aromatic carbocycles. The number of aryl methyl sites for hydroxylation is 2. The minimum Gasteiger partial charge on any atom is -0.478 e. The van der Waals surface area contributed by atoms with Gasteiger partial charge in [0.2, 0.25) is 0 Å². The zero-order valence-electron chi connectivity index (χ0n) is 20.6. The van der Waals surface area contributed by atoms with Crippen molar-refractivity contribution in [1.82, 2.24) is 14.8 Å². The number of halogens is 1. The molecule has 0 amide bonds. The summed E-state index contributed by atoms with van der Waals surface area (Å²) in [6.07, 6.45) is 0.0364. The molecule has 4 aromatic rings. The molecule has 0 radical (unpaired) electrons. The number of fused-ring (bicyclic) bond motifs is 3. The minimum absolute atomic E-state index is 0.0364. The summed E-state index contributed by atoms with van der Waals surface area (Å²) in [6.45, 7) is 6.03. The highest BCUT2D eigenvalue weighted by atomic mass is 35.5. The van der Waals surface area contributed by atoms with E-state index in [2.05, 4.69) is 24.0 Å². The van der Waals surface area contributed by atoms with E-state index in [9.17, 15) is 14.7 Å².